The minimum atomic E-state index is 0.315. The summed E-state index contributed by atoms with van der Waals surface area (Å²) in [6.07, 6.45) is 6.64. The second kappa shape index (κ2) is 8.24. The number of hydrogen-bond acceptors (Lipinski definition) is 2. The molecule has 0 saturated carbocycles. The lowest BCUT2D eigenvalue weighted by molar-refractivity contribution is -0.117. The third-order valence-corrected chi connectivity index (χ3v) is 2.39. The van der Waals surface area contributed by atoms with E-state index in [2.05, 4.69) is 6.92 Å². The molecule has 0 spiro atoms. The van der Waals surface area contributed by atoms with Crippen molar-refractivity contribution in [3.05, 3.63) is 0 Å². The van der Waals surface area contributed by atoms with Gasteiger partial charge in [-0.3, -0.25) is 0 Å². The van der Waals surface area contributed by atoms with Gasteiger partial charge in [0.05, 0.1) is 0 Å². The van der Waals surface area contributed by atoms with Gasteiger partial charge < -0.3 is 10.5 Å². The number of nitrogens with two attached hydrogens (primary N) is 1. The molecule has 0 fully saturated rings. The Labute approximate surface area is 81.9 Å². The Kier molecular flexibility index (Phi) is 8.00. The molecule has 0 bridgehead atoms. The smallest absolute Gasteiger partial charge is 0.129 e. The van der Waals surface area contributed by atoms with Gasteiger partial charge in [0.2, 0.25) is 0 Å². The van der Waals surface area contributed by atoms with Gasteiger partial charge in [0.15, 0.2) is 0 Å². The third kappa shape index (κ3) is 9.54. The van der Waals surface area contributed by atoms with Crippen molar-refractivity contribution in [3.63, 3.8) is 0 Å². The predicted molar refractivity (Wildman–Crippen MR) is 56.6 cm³/mol. The van der Waals surface area contributed by atoms with Crippen LogP contribution in [-0.2, 0) is 4.79 Å². The average molecular weight is 185 g/mol. The van der Waals surface area contributed by atoms with E-state index in [1.54, 1.807) is 6.92 Å². The Balaban J connectivity index is 3.11. The normalized spacial score (nSPS) is 12.8. The van der Waals surface area contributed by atoms with Gasteiger partial charge in [-0.15, -0.1) is 0 Å². The SMILES string of the molecule is CC(=O)CCCCC[C@@H](C)CCN. The zero-order valence-electron chi connectivity index (χ0n) is 9.01. The van der Waals surface area contributed by atoms with E-state index in [1.165, 1.54) is 19.3 Å². The highest BCUT2D eigenvalue weighted by molar-refractivity contribution is 5.75. The van der Waals surface area contributed by atoms with Crippen LogP contribution in [0.5, 0.6) is 0 Å². The lowest BCUT2D eigenvalue weighted by atomic mass is 9.99. The van der Waals surface area contributed by atoms with Gasteiger partial charge in [0.1, 0.15) is 5.78 Å². The molecule has 1 atom stereocenters. The molecule has 0 aromatic heterocycles. The molecule has 0 aromatic carbocycles. The Morgan fingerprint density at radius 2 is 1.92 bits per heavy atom. The van der Waals surface area contributed by atoms with E-state index in [-0.39, 0.29) is 0 Å². The lowest BCUT2D eigenvalue weighted by Gasteiger charge is -2.08. The van der Waals surface area contributed by atoms with Crippen LogP contribution in [0.1, 0.15) is 52.4 Å². The maximum atomic E-state index is 10.6. The van der Waals surface area contributed by atoms with Crippen LogP contribution in [0, 0.1) is 5.92 Å². The van der Waals surface area contributed by atoms with Crippen molar-refractivity contribution in [1.82, 2.24) is 0 Å². The number of carbonyl (C=O) groups is 1. The van der Waals surface area contributed by atoms with E-state index < -0.39 is 0 Å². The van der Waals surface area contributed by atoms with Crippen LogP contribution in [0.25, 0.3) is 0 Å². The van der Waals surface area contributed by atoms with E-state index in [0.29, 0.717) is 5.78 Å². The lowest BCUT2D eigenvalue weighted by Crippen LogP contribution is -2.05. The quantitative estimate of drug-likeness (QED) is 0.590. The highest BCUT2D eigenvalue weighted by atomic mass is 16.1. The predicted octanol–water partition coefficient (Wildman–Crippen LogP) is 2.51. The Morgan fingerprint density at radius 3 is 2.46 bits per heavy atom. The van der Waals surface area contributed by atoms with Gasteiger partial charge in [-0.25, -0.2) is 0 Å². The van der Waals surface area contributed by atoms with Crippen molar-refractivity contribution in [2.45, 2.75) is 52.4 Å². The summed E-state index contributed by atoms with van der Waals surface area (Å²) in [4.78, 5) is 10.6. The molecule has 0 radical (unpaired) electrons. The van der Waals surface area contributed by atoms with E-state index in [1.807, 2.05) is 0 Å². The maximum Gasteiger partial charge on any atom is 0.129 e. The summed E-state index contributed by atoms with van der Waals surface area (Å²) in [6, 6.07) is 0. The minimum absolute atomic E-state index is 0.315. The van der Waals surface area contributed by atoms with Crippen molar-refractivity contribution in [1.29, 1.82) is 0 Å². The first-order valence-electron chi connectivity index (χ1n) is 5.36. The molecule has 0 saturated heterocycles. The van der Waals surface area contributed by atoms with Crippen molar-refractivity contribution in [3.8, 4) is 0 Å². The molecule has 0 amide bonds. The summed E-state index contributed by atoms with van der Waals surface area (Å²) in [6.45, 7) is 4.71. The molecular formula is C11H23NO. The van der Waals surface area contributed by atoms with Gasteiger partial charge in [-0.2, -0.15) is 0 Å². The summed E-state index contributed by atoms with van der Waals surface area (Å²) in [5.74, 6) is 1.07. The monoisotopic (exact) mass is 185 g/mol. The number of Topliss-reactive ketones (excluding diaryl/α,β-unsaturated/α-hetero) is 1. The summed E-state index contributed by atoms with van der Waals surface area (Å²) in [5, 5.41) is 0. The van der Waals surface area contributed by atoms with Crippen molar-refractivity contribution < 1.29 is 4.79 Å². The summed E-state index contributed by atoms with van der Waals surface area (Å²) >= 11 is 0. The fourth-order valence-corrected chi connectivity index (χ4v) is 1.47. The molecule has 0 aliphatic rings. The number of ketones is 1. The van der Waals surface area contributed by atoms with Crippen molar-refractivity contribution >= 4 is 5.78 Å². The van der Waals surface area contributed by atoms with Crippen LogP contribution in [0.4, 0.5) is 0 Å². The van der Waals surface area contributed by atoms with Gasteiger partial charge in [0, 0.05) is 6.42 Å². The first-order valence-corrected chi connectivity index (χ1v) is 5.36. The third-order valence-electron chi connectivity index (χ3n) is 2.39. The second-order valence-corrected chi connectivity index (χ2v) is 3.98. The maximum absolute atomic E-state index is 10.6. The van der Waals surface area contributed by atoms with E-state index in [9.17, 15) is 4.79 Å². The summed E-state index contributed by atoms with van der Waals surface area (Å²) in [7, 11) is 0. The fraction of sp³-hybridized carbons (Fsp3) is 0.909. The Morgan fingerprint density at radius 1 is 1.23 bits per heavy atom. The molecule has 0 aromatic rings. The molecule has 0 heterocycles. The largest absolute Gasteiger partial charge is 0.330 e. The highest BCUT2D eigenvalue weighted by Gasteiger charge is 2.00. The van der Waals surface area contributed by atoms with Crippen LogP contribution < -0.4 is 5.73 Å². The van der Waals surface area contributed by atoms with E-state index in [4.69, 9.17) is 5.73 Å². The molecule has 78 valence electrons. The Bertz CT molecular complexity index is 134. The zero-order chi connectivity index (χ0) is 10.1. The van der Waals surface area contributed by atoms with Crippen LogP contribution >= 0.6 is 0 Å². The van der Waals surface area contributed by atoms with Gasteiger partial charge >= 0.3 is 0 Å². The van der Waals surface area contributed by atoms with Crippen molar-refractivity contribution in [2.75, 3.05) is 6.54 Å². The standard InChI is InChI=1S/C11H23NO/c1-10(8-9-12)6-4-3-5-7-11(2)13/h10H,3-9,12H2,1-2H3/t10-/m1/s1. The van der Waals surface area contributed by atoms with Crippen LogP contribution in [0.3, 0.4) is 0 Å². The highest BCUT2D eigenvalue weighted by Crippen LogP contribution is 2.12. The Hall–Kier alpha value is -0.370. The fourth-order valence-electron chi connectivity index (χ4n) is 1.47. The molecule has 2 nitrogen and oxygen atoms in total. The number of rotatable bonds is 8. The molecule has 2 N–H and O–H groups in total. The zero-order valence-corrected chi connectivity index (χ0v) is 9.01. The second-order valence-electron chi connectivity index (χ2n) is 3.98. The number of hydrogen-bond donors (Lipinski definition) is 1. The van der Waals surface area contributed by atoms with Crippen LogP contribution in [0.15, 0.2) is 0 Å². The van der Waals surface area contributed by atoms with E-state index >= 15 is 0 Å². The topological polar surface area (TPSA) is 43.1 Å². The molecule has 0 unspecified atom stereocenters. The van der Waals surface area contributed by atoms with E-state index in [0.717, 1.165) is 31.7 Å². The first kappa shape index (κ1) is 12.6. The minimum Gasteiger partial charge on any atom is -0.330 e. The molecular weight excluding hydrogens is 162 g/mol. The molecule has 0 rings (SSSR count). The summed E-state index contributed by atoms with van der Waals surface area (Å²) in [5.41, 5.74) is 5.45. The molecule has 2 heteroatoms. The van der Waals surface area contributed by atoms with Gasteiger partial charge in [-0.05, 0) is 32.2 Å². The van der Waals surface area contributed by atoms with Crippen molar-refractivity contribution in [2.24, 2.45) is 11.7 Å². The van der Waals surface area contributed by atoms with Crippen LogP contribution in [-0.4, -0.2) is 12.3 Å². The molecule has 0 aliphatic heterocycles. The molecule has 13 heavy (non-hydrogen) atoms. The average Bonchev–Trinajstić information content (AvgIpc) is 2.03. The van der Waals surface area contributed by atoms with Gasteiger partial charge in [0.25, 0.3) is 0 Å². The van der Waals surface area contributed by atoms with Gasteiger partial charge in [-0.1, -0.05) is 26.2 Å². The first-order chi connectivity index (χ1) is 6.16. The number of carbonyl (C=O) groups excluding carboxylic acids is 1. The summed E-state index contributed by atoms with van der Waals surface area (Å²) < 4.78 is 0. The van der Waals surface area contributed by atoms with Crippen LogP contribution in [0.2, 0.25) is 0 Å². The number of unbranched alkanes of at least 4 members (excludes halogenated alkanes) is 2. The molecule has 0 aliphatic carbocycles.